The Labute approximate surface area is 99.5 Å². The molecule has 0 radical (unpaired) electrons. The fourth-order valence-electron chi connectivity index (χ4n) is 1.51. The van der Waals surface area contributed by atoms with E-state index in [-0.39, 0.29) is 31.2 Å². The molecule has 1 heterocycles. The number of aliphatic carboxylic acids is 1. The summed E-state index contributed by atoms with van der Waals surface area (Å²) in [7, 11) is -3.14. The van der Waals surface area contributed by atoms with E-state index in [9.17, 15) is 18.0 Å². The van der Waals surface area contributed by atoms with Crippen molar-refractivity contribution in [1.82, 2.24) is 4.90 Å². The SMILES string of the molecule is CS(=O)(=O)CCC(N)C(=O)N1CC(C(=O)O)C1. The summed E-state index contributed by atoms with van der Waals surface area (Å²) < 4.78 is 21.8. The first-order valence-corrected chi connectivity index (χ1v) is 7.21. The average Bonchev–Trinajstić information content (AvgIpc) is 2.09. The number of hydrogen-bond donors (Lipinski definition) is 2. The van der Waals surface area contributed by atoms with Crippen LogP contribution in [0.15, 0.2) is 0 Å². The summed E-state index contributed by atoms with van der Waals surface area (Å²) in [6.07, 6.45) is 1.14. The normalized spacial score (nSPS) is 18.6. The maximum absolute atomic E-state index is 11.6. The summed E-state index contributed by atoms with van der Waals surface area (Å²) in [5.41, 5.74) is 5.55. The minimum absolute atomic E-state index is 0.0614. The van der Waals surface area contributed by atoms with Gasteiger partial charge in [-0.15, -0.1) is 0 Å². The Bertz CT molecular complexity index is 413. The molecule has 1 fully saturated rings. The van der Waals surface area contributed by atoms with Crippen molar-refractivity contribution in [3.8, 4) is 0 Å². The van der Waals surface area contributed by atoms with Gasteiger partial charge in [0.1, 0.15) is 9.84 Å². The molecule has 1 unspecified atom stereocenters. The largest absolute Gasteiger partial charge is 0.481 e. The molecule has 0 aromatic carbocycles. The number of rotatable bonds is 5. The van der Waals surface area contributed by atoms with Gasteiger partial charge in [0.05, 0.1) is 17.7 Å². The van der Waals surface area contributed by atoms with Crippen LogP contribution in [0.25, 0.3) is 0 Å². The summed E-state index contributed by atoms with van der Waals surface area (Å²) in [4.78, 5) is 23.5. The number of carboxylic acids is 1. The van der Waals surface area contributed by atoms with Gasteiger partial charge in [0.25, 0.3) is 0 Å². The number of carbonyl (C=O) groups is 2. The maximum atomic E-state index is 11.6. The molecule has 0 spiro atoms. The van der Waals surface area contributed by atoms with E-state index in [2.05, 4.69) is 0 Å². The number of hydrogen-bond acceptors (Lipinski definition) is 5. The minimum Gasteiger partial charge on any atom is -0.481 e. The van der Waals surface area contributed by atoms with E-state index in [1.165, 1.54) is 4.90 Å². The lowest BCUT2D eigenvalue weighted by Crippen LogP contribution is -2.57. The van der Waals surface area contributed by atoms with Crippen LogP contribution in [-0.2, 0) is 19.4 Å². The first-order chi connectivity index (χ1) is 7.70. The first kappa shape index (κ1) is 13.9. The predicted octanol–water partition coefficient (Wildman–Crippen LogP) is -1.71. The fraction of sp³-hybridized carbons (Fsp3) is 0.778. The fourth-order valence-corrected chi connectivity index (χ4v) is 2.20. The Morgan fingerprint density at radius 2 is 2.00 bits per heavy atom. The van der Waals surface area contributed by atoms with Crippen molar-refractivity contribution in [3.63, 3.8) is 0 Å². The van der Waals surface area contributed by atoms with E-state index in [4.69, 9.17) is 10.8 Å². The van der Waals surface area contributed by atoms with Gasteiger partial charge in [-0.05, 0) is 6.42 Å². The van der Waals surface area contributed by atoms with Crippen LogP contribution in [0.5, 0.6) is 0 Å². The van der Waals surface area contributed by atoms with Gasteiger partial charge < -0.3 is 15.7 Å². The molecule has 1 atom stereocenters. The van der Waals surface area contributed by atoms with Crippen molar-refractivity contribution >= 4 is 21.7 Å². The molecule has 17 heavy (non-hydrogen) atoms. The lowest BCUT2D eigenvalue weighted by molar-refractivity contribution is -0.153. The number of likely N-dealkylation sites (tertiary alicyclic amines) is 1. The monoisotopic (exact) mass is 264 g/mol. The molecule has 0 saturated carbocycles. The molecule has 1 amide bonds. The molecule has 7 nitrogen and oxygen atoms in total. The highest BCUT2D eigenvalue weighted by Gasteiger charge is 2.37. The van der Waals surface area contributed by atoms with Gasteiger partial charge in [0, 0.05) is 19.3 Å². The van der Waals surface area contributed by atoms with Crippen LogP contribution in [0, 0.1) is 5.92 Å². The molecule has 0 aliphatic carbocycles. The van der Waals surface area contributed by atoms with Crippen LogP contribution in [0.4, 0.5) is 0 Å². The van der Waals surface area contributed by atoms with Crippen molar-refractivity contribution in [3.05, 3.63) is 0 Å². The van der Waals surface area contributed by atoms with Gasteiger partial charge in [-0.25, -0.2) is 8.42 Å². The zero-order valence-electron chi connectivity index (χ0n) is 9.50. The molecule has 8 heteroatoms. The van der Waals surface area contributed by atoms with E-state index >= 15 is 0 Å². The molecule has 98 valence electrons. The molecular formula is C9H16N2O5S. The van der Waals surface area contributed by atoms with E-state index in [1.54, 1.807) is 0 Å². The van der Waals surface area contributed by atoms with Crippen LogP contribution >= 0.6 is 0 Å². The second-order valence-corrected chi connectivity index (χ2v) is 6.56. The summed E-state index contributed by atoms with van der Waals surface area (Å²) in [6, 6.07) is -0.875. The van der Waals surface area contributed by atoms with Crippen LogP contribution in [0.2, 0.25) is 0 Å². The minimum atomic E-state index is -3.14. The molecule has 1 aliphatic heterocycles. The molecule has 1 aliphatic rings. The molecule has 1 saturated heterocycles. The first-order valence-electron chi connectivity index (χ1n) is 5.15. The standard InChI is InChI=1S/C9H16N2O5S/c1-17(15,16)3-2-7(10)8(12)11-4-6(5-11)9(13)14/h6-7H,2-5,10H2,1H3,(H,13,14). The van der Waals surface area contributed by atoms with Crippen LogP contribution in [0.1, 0.15) is 6.42 Å². The van der Waals surface area contributed by atoms with Crippen LogP contribution in [-0.4, -0.2) is 61.4 Å². The van der Waals surface area contributed by atoms with E-state index in [1.807, 2.05) is 0 Å². The van der Waals surface area contributed by atoms with Gasteiger partial charge in [0.2, 0.25) is 5.91 Å². The van der Waals surface area contributed by atoms with E-state index < -0.39 is 27.8 Å². The average molecular weight is 264 g/mol. The summed E-state index contributed by atoms with van der Waals surface area (Å²) >= 11 is 0. The highest BCUT2D eigenvalue weighted by atomic mass is 32.2. The van der Waals surface area contributed by atoms with Gasteiger partial charge >= 0.3 is 5.97 Å². The second-order valence-electron chi connectivity index (χ2n) is 4.30. The summed E-state index contributed by atoms with van der Waals surface area (Å²) in [5, 5.41) is 8.63. The Kier molecular flexibility index (Phi) is 4.10. The highest BCUT2D eigenvalue weighted by Crippen LogP contribution is 2.16. The Hall–Kier alpha value is -1.15. The Balaban J connectivity index is 2.37. The van der Waals surface area contributed by atoms with Crippen LogP contribution in [0.3, 0.4) is 0 Å². The lowest BCUT2D eigenvalue weighted by atomic mass is 9.99. The highest BCUT2D eigenvalue weighted by molar-refractivity contribution is 7.90. The molecular weight excluding hydrogens is 248 g/mol. The Morgan fingerprint density at radius 3 is 2.41 bits per heavy atom. The number of nitrogens with zero attached hydrogens (tertiary/aromatic N) is 1. The third-order valence-electron chi connectivity index (χ3n) is 2.66. The second kappa shape index (κ2) is 5.01. The zero-order valence-corrected chi connectivity index (χ0v) is 10.3. The topological polar surface area (TPSA) is 118 Å². The van der Waals surface area contributed by atoms with E-state index in [0.29, 0.717) is 0 Å². The molecule has 0 aromatic heterocycles. The van der Waals surface area contributed by atoms with Gasteiger partial charge in [-0.3, -0.25) is 9.59 Å². The van der Waals surface area contributed by atoms with E-state index in [0.717, 1.165) is 6.26 Å². The lowest BCUT2D eigenvalue weighted by Gasteiger charge is -2.38. The van der Waals surface area contributed by atoms with Gasteiger partial charge in [-0.1, -0.05) is 0 Å². The number of sulfone groups is 1. The van der Waals surface area contributed by atoms with Gasteiger partial charge in [-0.2, -0.15) is 0 Å². The molecule has 0 aromatic rings. The van der Waals surface area contributed by atoms with Crippen molar-refractivity contribution in [2.75, 3.05) is 25.1 Å². The smallest absolute Gasteiger partial charge is 0.310 e. The Morgan fingerprint density at radius 1 is 1.47 bits per heavy atom. The maximum Gasteiger partial charge on any atom is 0.310 e. The van der Waals surface area contributed by atoms with Crippen molar-refractivity contribution < 1.29 is 23.1 Å². The molecule has 1 rings (SSSR count). The zero-order chi connectivity index (χ0) is 13.2. The molecule has 3 N–H and O–H groups in total. The third kappa shape index (κ3) is 3.97. The van der Waals surface area contributed by atoms with Crippen molar-refractivity contribution in [2.24, 2.45) is 11.7 Å². The van der Waals surface area contributed by atoms with Gasteiger partial charge in [0.15, 0.2) is 0 Å². The summed E-state index contributed by atoms with van der Waals surface area (Å²) in [5.74, 6) is -1.98. The third-order valence-corrected chi connectivity index (χ3v) is 3.64. The number of carbonyl (C=O) groups excluding carboxylic acids is 1. The van der Waals surface area contributed by atoms with Crippen LogP contribution < -0.4 is 5.73 Å². The summed E-state index contributed by atoms with van der Waals surface area (Å²) in [6.45, 7) is 0.307. The van der Waals surface area contributed by atoms with Crippen molar-refractivity contribution in [2.45, 2.75) is 12.5 Å². The number of carboxylic acid groups (broad SMARTS) is 1. The van der Waals surface area contributed by atoms with Crippen molar-refractivity contribution in [1.29, 1.82) is 0 Å². The number of amides is 1. The predicted molar refractivity (Wildman–Crippen MR) is 60.0 cm³/mol. The molecule has 0 bridgehead atoms. The number of nitrogens with two attached hydrogens (primary N) is 1. The quantitative estimate of drug-likeness (QED) is 0.610.